The fourth-order valence-corrected chi connectivity index (χ4v) is 2.57. The van der Waals surface area contributed by atoms with Gasteiger partial charge >= 0.3 is 6.09 Å². The van der Waals surface area contributed by atoms with Crippen molar-refractivity contribution in [1.29, 1.82) is 0 Å². The zero-order chi connectivity index (χ0) is 14.5. The molecule has 0 aliphatic carbocycles. The van der Waals surface area contributed by atoms with Crippen LogP contribution in [0.4, 0.5) is 4.79 Å². The number of nitrogens with one attached hydrogen (secondary N) is 1. The van der Waals surface area contributed by atoms with Crippen molar-refractivity contribution in [3.05, 3.63) is 38.8 Å². The summed E-state index contributed by atoms with van der Waals surface area (Å²) in [4.78, 5) is 11.4. The first-order valence-electron chi connectivity index (χ1n) is 5.87. The molecule has 0 saturated carbocycles. The Morgan fingerprint density at radius 1 is 1.32 bits per heavy atom. The van der Waals surface area contributed by atoms with Crippen LogP contribution >= 0.6 is 31.9 Å². The number of benzene rings is 1. The second-order valence-corrected chi connectivity index (χ2v) is 6.63. The summed E-state index contributed by atoms with van der Waals surface area (Å²) in [6, 6.07) is 5.88. The highest BCUT2D eigenvalue weighted by molar-refractivity contribution is 9.11. The molecular weight excluding hydrogens is 374 g/mol. The van der Waals surface area contributed by atoms with Crippen molar-refractivity contribution in [3.63, 3.8) is 0 Å². The fourth-order valence-electron chi connectivity index (χ4n) is 1.30. The SMILES string of the molecule is CC(C)(C)OC(=O)NCC=Cc1c(Br)cccc1Br. The molecule has 0 aliphatic heterocycles. The molecule has 0 bridgehead atoms. The Labute approximate surface area is 130 Å². The first-order chi connectivity index (χ1) is 8.79. The monoisotopic (exact) mass is 389 g/mol. The highest BCUT2D eigenvalue weighted by Crippen LogP contribution is 2.26. The molecule has 0 unspecified atom stereocenters. The third-order valence-electron chi connectivity index (χ3n) is 2.05. The molecule has 19 heavy (non-hydrogen) atoms. The van der Waals surface area contributed by atoms with E-state index in [2.05, 4.69) is 37.2 Å². The summed E-state index contributed by atoms with van der Waals surface area (Å²) in [5, 5.41) is 2.67. The van der Waals surface area contributed by atoms with E-state index in [1.165, 1.54) is 0 Å². The minimum Gasteiger partial charge on any atom is -0.444 e. The van der Waals surface area contributed by atoms with Gasteiger partial charge in [0.05, 0.1) is 0 Å². The Kier molecular flexibility index (Phi) is 6.07. The molecule has 0 spiro atoms. The van der Waals surface area contributed by atoms with Crippen LogP contribution in [0.15, 0.2) is 33.2 Å². The molecule has 3 nitrogen and oxygen atoms in total. The van der Waals surface area contributed by atoms with Crippen molar-refractivity contribution >= 4 is 44.0 Å². The molecule has 0 atom stereocenters. The van der Waals surface area contributed by atoms with E-state index in [-0.39, 0.29) is 0 Å². The largest absolute Gasteiger partial charge is 0.444 e. The molecule has 0 fully saturated rings. The van der Waals surface area contributed by atoms with Crippen LogP contribution in [0.25, 0.3) is 6.08 Å². The maximum atomic E-state index is 11.4. The molecule has 1 rings (SSSR count). The van der Waals surface area contributed by atoms with Gasteiger partial charge in [-0.15, -0.1) is 0 Å². The molecule has 0 aliphatic rings. The number of rotatable bonds is 3. The van der Waals surface area contributed by atoms with Gasteiger partial charge in [-0.1, -0.05) is 50.1 Å². The summed E-state index contributed by atoms with van der Waals surface area (Å²) in [5.74, 6) is 0. The van der Waals surface area contributed by atoms with Crippen LogP contribution in [-0.4, -0.2) is 18.2 Å². The molecule has 0 heterocycles. The molecular formula is C14H17Br2NO2. The summed E-state index contributed by atoms with van der Waals surface area (Å²) in [6.07, 6.45) is 3.39. The third kappa shape index (κ3) is 6.25. The highest BCUT2D eigenvalue weighted by Gasteiger charge is 2.14. The Morgan fingerprint density at radius 2 is 1.89 bits per heavy atom. The van der Waals surface area contributed by atoms with Gasteiger partial charge in [0.25, 0.3) is 0 Å². The number of hydrogen-bond donors (Lipinski definition) is 1. The number of carbonyl (C=O) groups is 1. The normalized spacial score (nSPS) is 11.6. The van der Waals surface area contributed by atoms with Crippen molar-refractivity contribution in [1.82, 2.24) is 5.32 Å². The predicted octanol–water partition coefficient (Wildman–Crippen LogP) is 4.75. The highest BCUT2D eigenvalue weighted by atomic mass is 79.9. The van der Waals surface area contributed by atoms with E-state index in [0.717, 1.165) is 14.5 Å². The van der Waals surface area contributed by atoms with Gasteiger partial charge in [-0.2, -0.15) is 0 Å². The first kappa shape index (κ1) is 16.2. The van der Waals surface area contributed by atoms with E-state index in [9.17, 15) is 4.79 Å². The summed E-state index contributed by atoms with van der Waals surface area (Å²) in [6.45, 7) is 5.92. The zero-order valence-corrected chi connectivity index (χ0v) is 14.3. The lowest BCUT2D eigenvalue weighted by atomic mass is 10.2. The molecule has 104 valence electrons. The van der Waals surface area contributed by atoms with E-state index in [1.807, 2.05) is 51.1 Å². The first-order valence-corrected chi connectivity index (χ1v) is 7.45. The van der Waals surface area contributed by atoms with Crippen LogP contribution < -0.4 is 5.32 Å². The lowest BCUT2D eigenvalue weighted by Crippen LogP contribution is -2.32. The minimum absolute atomic E-state index is 0.414. The smallest absolute Gasteiger partial charge is 0.407 e. The maximum absolute atomic E-state index is 11.4. The second kappa shape index (κ2) is 7.10. The zero-order valence-electron chi connectivity index (χ0n) is 11.2. The summed E-state index contributed by atoms with van der Waals surface area (Å²) in [5.41, 5.74) is 0.563. The van der Waals surface area contributed by atoms with E-state index in [0.29, 0.717) is 6.54 Å². The lowest BCUT2D eigenvalue weighted by molar-refractivity contribution is 0.0534. The van der Waals surface area contributed by atoms with E-state index in [1.54, 1.807) is 0 Å². The minimum atomic E-state index is -0.473. The van der Waals surface area contributed by atoms with Crippen LogP contribution in [0.2, 0.25) is 0 Å². The number of amides is 1. The lowest BCUT2D eigenvalue weighted by Gasteiger charge is -2.19. The van der Waals surface area contributed by atoms with Crippen LogP contribution in [0.5, 0.6) is 0 Å². The number of carbonyl (C=O) groups excluding carboxylic acids is 1. The van der Waals surface area contributed by atoms with Gasteiger partial charge in [0, 0.05) is 21.1 Å². The van der Waals surface area contributed by atoms with Crippen molar-refractivity contribution in [3.8, 4) is 0 Å². The van der Waals surface area contributed by atoms with Crippen molar-refractivity contribution in [2.24, 2.45) is 0 Å². The van der Waals surface area contributed by atoms with Gasteiger partial charge in [-0.25, -0.2) is 4.79 Å². The van der Waals surface area contributed by atoms with Crippen LogP contribution in [0.1, 0.15) is 26.3 Å². The van der Waals surface area contributed by atoms with Crippen molar-refractivity contribution in [2.45, 2.75) is 26.4 Å². The Bertz CT molecular complexity index is 459. The molecule has 0 radical (unpaired) electrons. The fraction of sp³-hybridized carbons (Fsp3) is 0.357. The van der Waals surface area contributed by atoms with Crippen LogP contribution in [-0.2, 0) is 4.74 Å². The van der Waals surface area contributed by atoms with E-state index < -0.39 is 11.7 Å². The quantitative estimate of drug-likeness (QED) is 0.808. The van der Waals surface area contributed by atoms with Crippen molar-refractivity contribution < 1.29 is 9.53 Å². The topological polar surface area (TPSA) is 38.3 Å². The van der Waals surface area contributed by atoms with Gasteiger partial charge < -0.3 is 10.1 Å². The van der Waals surface area contributed by atoms with Crippen LogP contribution in [0, 0.1) is 0 Å². The van der Waals surface area contributed by atoms with Gasteiger partial charge in [-0.05, 0) is 32.9 Å². The molecule has 1 aromatic carbocycles. The number of alkyl carbamates (subject to hydrolysis) is 1. The second-order valence-electron chi connectivity index (χ2n) is 4.92. The summed E-state index contributed by atoms with van der Waals surface area (Å²) < 4.78 is 7.13. The van der Waals surface area contributed by atoms with E-state index in [4.69, 9.17) is 4.74 Å². The molecule has 0 saturated heterocycles. The third-order valence-corrected chi connectivity index (χ3v) is 3.43. The Hall–Kier alpha value is -0.810. The maximum Gasteiger partial charge on any atom is 0.407 e. The van der Waals surface area contributed by atoms with Gasteiger partial charge in [0.2, 0.25) is 0 Å². The van der Waals surface area contributed by atoms with Gasteiger partial charge in [0.1, 0.15) is 5.60 Å². The Morgan fingerprint density at radius 3 is 2.42 bits per heavy atom. The molecule has 1 aromatic rings. The van der Waals surface area contributed by atoms with Crippen LogP contribution in [0.3, 0.4) is 0 Å². The molecule has 5 heteroatoms. The predicted molar refractivity (Wildman–Crippen MR) is 85.1 cm³/mol. The number of ether oxygens (including phenoxy) is 1. The summed E-state index contributed by atoms with van der Waals surface area (Å²) in [7, 11) is 0. The Balaban J connectivity index is 2.49. The average molecular weight is 391 g/mol. The average Bonchev–Trinajstić information content (AvgIpc) is 2.25. The standard InChI is InChI=1S/C14H17Br2NO2/c1-14(2,3)19-13(18)17-9-5-6-10-11(15)7-4-8-12(10)16/h4-8H,9H2,1-3H3,(H,17,18). The molecule has 1 N–H and O–H groups in total. The molecule has 0 aromatic heterocycles. The molecule has 1 amide bonds. The summed E-state index contributed by atoms with van der Waals surface area (Å²) >= 11 is 6.95. The van der Waals surface area contributed by atoms with Gasteiger partial charge in [0.15, 0.2) is 0 Å². The van der Waals surface area contributed by atoms with Crippen molar-refractivity contribution in [2.75, 3.05) is 6.54 Å². The van der Waals surface area contributed by atoms with E-state index >= 15 is 0 Å². The van der Waals surface area contributed by atoms with Gasteiger partial charge in [-0.3, -0.25) is 0 Å². The number of hydrogen-bond acceptors (Lipinski definition) is 2. The number of halogens is 2.